The van der Waals surface area contributed by atoms with Gasteiger partial charge >= 0.3 is 6.61 Å². The molecule has 0 unspecified atom stereocenters. The highest BCUT2D eigenvalue weighted by atomic mass is 35.5. The van der Waals surface area contributed by atoms with Gasteiger partial charge in [-0.05, 0) is 23.6 Å². The van der Waals surface area contributed by atoms with Crippen LogP contribution in [0, 0.1) is 5.41 Å². The molecule has 1 rings (SSSR count). The van der Waals surface area contributed by atoms with Crippen LogP contribution >= 0.6 is 11.6 Å². The van der Waals surface area contributed by atoms with Crippen molar-refractivity contribution in [2.24, 2.45) is 5.41 Å². The molecule has 0 saturated carbocycles. The summed E-state index contributed by atoms with van der Waals surface area (Å²) in [6.45, 7) is 2.90. The van der Waals surface area contributed by atoms with Gasteiger partial charge in [-0.3, -0.25) is 4.79 Å². The summed E-state index contributed by atoms with van der Waals surface area (Å²) >= 11 is 5.78. The lowest BCUT2D eigenvalue weighted by molar-refractivity contribution is -0.117. The fourth-order valence-corrected chi connectivity index (χ4v) is 1.68. The van der Waals surface area contributed by atoms with Crippen LogP contribution in [0.2, 0.25) is 5.02 Å². The van der Waals surface area contributed by atoms with Crippen LogP contribution in [0.5, 0.6) is 5.75 Å². The number of anilines is 1. The van der Waals surface area contributed by atoms with Crippen LogP contribution in [0.1, 0.15) is 27.2 Å². The Kier molecular flexibility index (Phi) is 5.11. The fraction of sp³-hybridized carbons (Fsp3) is 0.462. The molecule has 19 heavy (non-hydrogen) atoms. The predicted octanol–water partition coefficient (Wildman–Crippen LogP) is 4.32. The first-order valence-electron chi connectivity index (χ1n) is 5.71. The first kappa shape index (κ1) is 15.7. The summed E-state index contributed by atoms with van der Waals surface area (Å²) < 4.78 is 28.3. The van der Waals surface area contributed by atoms with E-state index in [4.69, 9.17) is 11.6 Å². The molecule has 6 heteroatoms. The molecule has 0 aliphatic rings. The van der Waals surface area contributed by atoms with Gasteiger partial charge in [0, 0.05) is 12.1 Å². The van der Waals surface area contributed by atoms with Gasteiger partial charge in [-0.15, -0.1) is 0 Å². The van der Waals surface area contributed by atoms with Crippen molar-refractivity contribution in [3.05, 3.63) is 23.2 Å². The SMILES string of the molecule is CC(C)(C)CC(=O)Nc1ccc(OC(F)F)c(Cl)c1. The lowest BCUT2D eigenvalue weighted by Crippen LogP contribution is -2.19. The minimum absolute atomic E-state index is 0.0221. The van der Waals surface area contributed by atoms with Gasteiger partial charge in [0.2, 0.25) is 5.91 Å². The normalized spacial score (nSPS) is 11.5. The number of alkyl halides is 2. The topological polar surface area (TPSA) is 38.3 Å². The molecular formula is C13H16ClF2NO2. The van der Waals surface area contributed by atoms with Crippen LogP contribution in [-0.4, -0.2) is 12.5 Å². The van der Waals surface area contributed by atoms with Gasteiger partial charge in [0.05, 0.1) is 5.02 Å². The lowest BCUT2D eigenvalue weighted by Gasteiger charge is -2.17. The molecule has 0 aliphatic carbocycles. The van der Waals surface area contributed by atoms with Gasteiger partial charge in [0.15, 0.2) is 0 Å². The van der Waals surface area contributed by atoms with E-state index >= 15 is 0 Å². The Labute approximate surface area is 115 Å². The van der Waals surface area contributed by atoms with Crippen molar-refractivity contribution in [2.75, 3.05) is 5.32 Å². The number of nitrogens with one attached hydrogen (secondary N) is 1. The first-order chi connectivity index (χ1) is 8.67. The molecule has 1 aromatic rings. The largest absolute Gasteiger partial charge is 0.433 e. The van der Waals surface area contributed by atoms with Crippen molar-refractivity contribution in [2.45, 2.75) is 33.8 Å². The molecular weight excluding hydrogens is 276 g/mol. The van der Waals surface area contributed by atoms with Gasteiger partial charge in [0.1, 0.15) is 5.75 Å². The molecule has 0 saturated heterocycles. The number of carbonyl (C=O) groups excluding carboxylic acids is 1. The summed E-state index contributed by atoms with van der Waals surface area (Å²) in [6.07, 6.45) is 0.347. The van der Waals surface area contributed by atoms with E-state index in [-0.39, 0.29) is 22.1 Å². The molecule has 0 heterocycles. The second kappa shape index (κ2) is 6.19. The maximum atomic E-state index is 12.0. The molecule has 3 nitrogen and oxygen atoms in total. The second-order valence-electron chi connectivity index (χ2n) is 5.31. The quantitative estimate of drug-likeness (QED) is 0.897. The van der Waals surface area contributed by atoms with Crippen molar-refractivity contribution in [1.29, 1.82) is 0 Å². The molecule has 1 amide bonds. The van der Waals surface area contributed by atoms with E-state index in [2.05, 4.69) is 10.1 Å². The maximum Gasteiger partial charge on any atom is 0.387 e. The van der Waals surface area contributed by atoms with Gasteiger partial charge < -0.3 is 10.1 Å². The van der Waals surface area contributed by atoms with Crippen LogP contribution in [0.4, 0.5) is 14.5 Å². The highest BCUT2D eigenvalue weighted by Gasteiger charge is 2.16. The molecule has 0 bridgehead atoms. The molecule has 1 N–H and O–H groups in total. The molecule has 0 aromatic heterocycles. The molecule has 1 aromatic carbocycles. The van der Waals surface area contributed by atoms with Gasteiger partial charge in [0.25, 0.3) is 0 Å². The van der Waals surface area contributed by atoms with Crippen molar-refractivity contribution in [3.63, 3.8) is 0 Å². The van der Waals surface area contributed by atoms with Crippen LogP contribution < -0.4 is 10.1 Å². The van der Waals surface area contributed by atoms with Gasteiger partial charge in [-0.1, -0.05) is 32.4 Å². The van der Waals surface area contributed by atoms with Crippen LogP contribution in [0.15, 0.2) is 18.2 Å². The number of benzene rings is 1. The van der Waals surface area contributed by atoms with E-state index in [1.165, 1.54) is 18.2 Å². The number of ether oxygens (including phenoxy) is 1. The summed E-state index contributed by atoms with van der Waals surface area (Å²) in [5.74, 6) is -0.281. The fourth-order valence-electron chi connectivity index (χ4n) is 1.46. The van der Waals surface area contributed by atoms with Crippen molar-refractivity contribution < 1.29 is 18.3 Å². The third-order valence-electron chi connectivity index (χ3n) is 2.12. The second-order valence-corrected chi connectivity index (χ2v) is 5.72. The average molecular weight is 292 g/mol. The molecule has 0 atom stereocenters. The van der Waals surface area contributed by atoms with Crippen LogP contribution in [-0.2, 0) is 4.79 Å². The smallest absolute Gasteiger partial charge is 0.387 e. The number of hydrogen-bond donors (Lipinski definition) is 1. The van der Waals surface area contributed by atoms with Crippen molar-refractivity contribution >= 4 is 23.2 Å². The molecule has 0 spiro atoms. The summed E-state index contributed by atoms with van der Waals surface area (Å²) in [5, 5.41) is 2.68. The van der Waals surface area contributed by atoms with E-state index in [0.29, 0.717) is 12.1 Å². The predicted molar refractivity (Wildman–Crippen MR) is 70.8 cm³/mol. The van der Waals surface area contributed by atoms with Crippen molar-refractivity contribution in [3.8, 4) is 5.75 Å². The number of hydrogen-bond acceptors (Lipinski definition) is 2. The monoisotopic (exact) mass is 291 g/mol. The Morgan fingerprint density at radius 2 is 2.05 bits per heavy atom. The van der Waals surface area contributed by atoms with Crippen LogP contribution in [0.3, 0.4) is 0 Å². The van der Waals surface area contributed by atoms with Gasteiger partial charge in [-0.25, -0.2) is 0 Å². The standard InChI is InChI=1S/C13H16ClF2NO2/c1-13(2,3)7-11(18)17-8-4-5-10(9(14)6-8)19-12(15)16/h4-6,12H,7H2,1-3H3,(H,17,18). The Bertz CT molecular complexity index is 458. The minimum Gasteiger partial charge on any atom is -0.433 e. The molecule has 0 aliphatic heterocycles. The number of halogens is 3. The summed E-state index contributed by atoms with van der Waals surface area (Å²) in [7, 11) is 0. The molecule has 106 valence electrons. The zero-order valence-corrected chi connectivity index (χ0v) is 11.7. The molecule has 0 radical (unpaired) electrons. The highest BCUT2D eigenvalue weighted by Crippen LogP contribution is 2.29. The summed E-state index contributed by atoms with van der Waals surface area (Å²) in [4.78, 5) is 11.7. The van der Waals surface area contributed by atoms with E-state index in [0.717, 1.165) is 0 Å². The maximum absolute atomic E-state index is 12.0. The number of amides is 1. The van der Waals surface area contributed by atoms with Crippen molar-refractivity contribution in [1.82, 2.24) is 0 Å². The number of rotatable bonds is 4. The minimum atomic E-state index is -2.93. The number of carbonyl (C=O) groups is 1. The van der Waals surface area contributed by atoms with Gasteiger partial charge in [-0.2, -0.15) is 8.78 Å². The highest BCUT2D eigenvalue weighted by molar-refractivity contribution is 6.32. The van der Waals surface area contributed by atoms with E-state index < -0.39 is 6.61 Å². The third-order valence-corrected chi connectivity index (χ3v) is 2.42. The first-order valence-corrected chi connectivity index (χ1v) is 6.09. The van der Waals surface area contributed by atoms with E-state index in [1.54, 1.807) is 0 Å². The summed E-state index contributed by atoms with van der Waals surface area (Å²) in [6, 6.07) is 4.13. The Hall–Kier alpha value is -1.36. The average Bonchev–Trinajstić information content (AvgIpc) is 2.18. The zero-order chi connectivity index (χ0) is 14.6. The Balaban J connectivity index is 2.71. The Morgan fingerprint density at radius 3 is 2.53 bits per heavy atom. The zero-order valence-electron chi connectivity index (χ0n) is 11.0. The lowest BCUT2D eigenvalue weighted by atomic mass is 9.92. The van der Waals surface area contributed by atoms with E-state index in [9.17, 15) is 13.6 Å². The molecule has 0 fully saturated rings. The third kappa shape index (κ3) is 5.87. The Morgan fingerprint density at radius 1 is 1.42 bits per heavy atom. The van der Waals surface area contributed by atoms with Crippen LogP contribution in [0.25, 0.3) is 0 Å². The summed E-state index contributed by atoms with van der Waals surface area (Å²) in [5.41, 5.74) is 0.313. The van der Waals surface area contributed by atoms with E-state index in [1.807, 2.05) is 20.8 Å².